The highest BCUT2D eigenvalue weighted by Gasteiger charge is 1.91. The highest BCUT2D eigenvalue weighted by atomic mass is 15.1. The summed E-state index contributed by atoms with van der Waals surface area (Å²) >= 11 is 0. The average Bonchev–Trinajstić information content (AvgIpc) is 2.05. The van der Waals surface area contributed by atoms with E-state index in [4.69, 9.17) is 6.57 Å². The molecule has 1 N–H and O–H groups in total. The van der Waals surface area contributed by atoms with Gasteiger partial charge in [-0.3, -0.25) is 0 Å². The lowest BCUT2D eigenvalue weighted by Gasteiger charge is -1.94. The summed E-state index contributed by atoms with van der Waals surface area (Å²) in [7, 11) is 1.73. The molecule has 0 bridgehead atoms. The van der Waals surface area contributed by atoms with Crippen molar-refractivity contribution in [3.63, 3.8) is 0 Å². The number of aromatic nitrogens is 2. The van der Waals surface area contributed by atoms with Crippen LogP contribution in [0.25, 0.3) is 4.85 Å². The molecule has 0 aliphatic heterocycles. The van der Waals surface area contributed by atoms with Crippen LogP contribution in [0.2, 0.25) is 0 Å². The van der Waals surface area contributed by atoms with Crippen LogP contribution in [-0.4, -0.2) is 17.0 Å². The monoisotopic (exact) mass is 134 g/mol. The highest BCUT2D eigenvalue weighted by Crippen LogP contribution is 2.07. The van der Waals surface area contributed by atoms with Gasteiger partial charge in [-0.1, -0.05) is 0 Å². The second-order valence-electron chi connectivity index (χ2n) is 1.63. The SMILES string of the molecule is [C-]#[N+]c1cnc(NC)nc1. The molecule has 0 saturated heterocycles. The Hall–Kier alpha value is -1.63. The maximum Gasteiger partial charge on any atom is 0.223 e. The molecule has 10 heavy (non-hydrogen) atoms. The Morgan fingerprint density at radius 3 is 2.50 bits per heavy atom. The summed E-state index contributed by atoms with van der Waals surface area (Å²) in [5, 5.41) is 2.75. The van der Waals surface area contributed by atoms with Gasteiger partial charge in [-0.05, 0) is 0 Å². The Balaban J connectivity index is 2.93. The summed E-state index contributed by atoms with van der Waals surface area (Å²) in [5.74, 6) is 0.535. The zero-order chi connectivity index (χ0) is 7.40. The van der Waals surface area contributed by atoms with Gasteiger partial charge in [0.25, 0.3) is 0 Å². The maximum absolute atomic E-state index is 6.60. The first-order chi connectivity index (χ1) is 4.86. The Labute approximate surface area is 58.8 Å². The fraction of sp³-hybridized carbons (Fsp3) is 0.167. The summed E-state index contributed by atoms with van der Waals surface area (Å²) < 4.78 is 0. The summed E-state index contributed by atoms with van der Waals surface area (Å²) in [4.78, 5) is 10.8. The number of hydrogen-bond acceptors (Lipinski definition) is 3. The van der Waals surface area contributed by atoms with Gasteiger partial charge in [0.15, 0.2) is 0 Å². The summed E-state index contributed by atoms with van der Waals surface area (Å²) in [5.41, 5.74) is 0.457. The molecule has 0 atom stereocenters. The van der Waals surface area contributed by atoms with Crippen LogP contribution in [0.1, 0.15) is 0 Å². The van der Waals surface area contributed by atoms with Gasteiger partial charge in [0.05, 0.1) is 6.57 Å². The Bertz CT molecular complexity index is 245. The molecule has 0 unspecified atom stereocenters. The molecule has 0 fully saturated rings. The Morgan fingerprint density at radius 1 is 1.50 bits per heavy atom. The van der Waals surface area contributed by atoms with E-state index >= 15 is 0 Å². The van der Waals surface area contributed by atoms with Crippen LogP contribution in [0.4, 0.5) is 11.6 Å². The van der Waals surface area contributed by atoms with Crippen molar-refractivity contribution in [3.8, 4) is 0 Å². The molecule has 0 aliphatic carbocycles. The van der Waals surface area contributed by atoms with Crippen LogP contribution in [0.5, 0.6) is 0 Å². The number of anilines is 1. The van der Waals surface area contributed by atoms with E-state index in [1.165, 1.54) is 12.4 Å². The molecule has 0 aromatic carbocycles. The minimum Gasteiger partial charge on any atom is -0.357 e. The molecule has 50 valence electrons. The van der Waals surface area contributed by atoms with Crippen LogP contribution < -0.4 is 5.32 Å². The number of hydrogen-bond donors (Lipinski definition) is 1. The van der Waals surface area contributed by atoms with Crippen molar-refractivity contribution in [1.82, 2.24) is 9.97 Å². The topological polar surface area (TPSA) is 42.2 Å². The largest absolute Gasteiger partial charge is 0.357 e. The van der Waals surface area contributed by atoms with E-state index in [-0.39, 0.29) is 0 Å². The molecule has 0 saturated carbocycles. The van der Waals surface area contributed by atoms with Crippen molar-refractivity contribution in [2.45, 2.75) is 0 Å². The zero-order valence-corrected chi connectivity index (χ0v) is 5.50. The van der Waals surface area contributed by atoms with Crippen molar-refractivity contribution >= 4 is 11.6 Å². The first-order valence-corrected chi connectivity index (χ1v) is 2.74. The third-order valence-corrected chi connectivity index (χ3v) is 0.991. The van der Waals surface area contributed by atoms with Crippen molar-refractivity contribution in [2.75, 3.05) is 12.4 Å². The van der Waals surface area contributed by atoms with Gasteiger partial charge in [0.1, 0.15) is 0 Å². The third-order valence-electron chi connectivity index (χ3n) is 0.991. The normalized spacial score (nSPS) is 8.40. The van der Waals surface area contributed by atoms with E-state index < -0.39 is 0 Å². The minimum atomic E-state index is 0.457. The summed E-state index contributed by atoms with van der Waals surface area (Å²) in [6.07, 6.45) is 2.96. The average molecular weight is 134 g/mol. The predicted octanol–water partition coefficient (Wildman–Crippen LogP) is 1.07. The van der Waals surface area contributed by atoms with Crippen molar-refractivity contribution in [2.24, 2.45) is 0 Å². The van der Waals surface area contributed by atoms with Gasteiger partial charge in [-0.2, -0.15) is 0 Å². The quantitative estimate of drug-likeness (QED) is 0.584. The standard InChI is InChI=1S/C6H6N4/c1-7-5-3-9-6(8-2)10-4-5/h3-4H,2H3,(H,8,9,10). The molecule has 1 aromatic rings. The fourth-order valence-electron chi connectivity index (χ4n) is 0.508. The lowest BCUT2D eigenvalue weighted by molar-refractivity contribution is 1.16. The molecule has 0 amide bonds. The summed E-state index contributed by atoms with van der Waals surface area (Å²) in [6, 6.07) is 0. The van der Waals surface area contributed by atoms with Gasteiger partial charge >= 0.3 is 0 Å². The van der Waals surface area contributed by atoms with Crippen molar-refractivity contribution in [3.05, 3.63) is 23.8 Å². The Morgan fingerprint density at radius 2 is 2.10 bits per heavy atom. The van der Waals surface area contributed by atoms with E-state index in [1.54, 1.807) is 7.05 Å². The third kappa shape index (κ3) is 1.20. The first-order valence-electron chi connectivity index (χ1n) is 2.74. The predicted molar refractivity (Wildman–Crippen MR) is 37.8 cm³/mol. The van der Waals surface area contributed by atoms with E-state index in [2.05, 4.69) is 20.1 Å². The molecule has 4 nitrogen and oxygen atoms in total. The molecule has 0 aliphatic rings. The van der Waals surface area contributed by atoms with Gasteiger partial charge in [0.2, 0.25) is 11.6 Å². The summed E-state index contributed by atoms with van der Waals surface area (Å²) in [6.45, 7) is 6.60. The molecular weight excluding hydrogens is 128 g/mol. The second kappa shape index (κ2) is 2.78. The first kappa shape index (κ1) is 6.49. The van der Waals surface area contributed by atoms with Crippen LogP contribution in [0.15, 0.2) is 12.4 Å². The van der Waals surface area contributed by atoms with Crippen LogP contribution >= 0.6 is 0 Å². The molecule has 0 radical (unpaired) electrons. The fourth-order valence-corrected chi connectivity index (χ4v) is 0.508. The second-order valence-corrected chi connectivity index (χ2v) is 1.63. The van der Waals surface area contributed by atoms with Crippen LogP contribution in [-0.2, 0) is 0 Å². The zero-order valence-electron chi connectivity index (χ0n) is 5.50. The molecule has 1 heterocycles. The highest BCUT2D eigenvalue weighted by molar-refractivity contribution is 5.41. The van der Waals surface area contributed by atoms with Crippen molar-refractivity contribution in [1.29, 1.82) is 0 Å². The van der Waals surface area contributed by atoms with E-state index in [0.717, 1.165) is 0 Å². The molecule has 0 spiro atoms. The smallest absolute Gasteiger partial charge is 0.223 e. The number of nitrogens with one attached hydrogen (secondary N) is 1. The Kier molecular flexibility index (Phi) is 1.80. The van der Waals surface area contributed by atoms with E-state index in [1.807, 2.05) is 0 Å². The lowest BCUT2D eigenvalue weighted by atomic mass is 10.6. The van der Waals surface area contributed by atoms with Gasteiger partial charge in [-0.15, -0.1) is 0 Å². The van der Waals surface area contributed by atoms with Gasteiger partial charge < -0.3 is 5.32 Å². The molecular formula is C6H6N4. The maximum atomic E-state index is 6.60. The molecule has 1 rings (SSSR count). The van der Waals surface area contributed by atoms with Crippen molar-refractivity contribution < 1.29 is 0 Å². The van der Waals surface area contributed by atoms with Crippen LogP contribution in [0, 0.1) is 6.57 Å². The van der Waals surface area contributed by atoms with Gasteiger partial charge in [-0.25, -0.2) is 14.8 Å². The van der Waals surface area contributed by atoms with E-state index in [0.29, 0.717) is 11.6 Å². The number of rotatable bonds is 1. The molecule has 1 aromatic heterocycles. The molecule has 4 heteroatoms. The number of nitrogens with zero attached hydrogens (tertiary/aromatic N) is 3. The van der Waals surface area contributed by atoms with E-state index in [9.17, 15) is 0 Å². The lowest BCUT2D eigenvalue weighted by Crippen LogP contribution is -1.93. The van der Waals surface area contributed by atoms with Crippen LogP contribution in [0.3, 0.4) is 0 Å². The van der Waals surface area contributed by atoms with Gasteiger partial charge in [0, 0.05) is 19.4 Å². The minimum absolute atomic E-state index is 0.457.